The topological polar surface area (TPSA) is 88.0 Å². The Bertz CT molecular complexity index is 592. The number of halogens is 1. The van der Waals surface area contributed by atoms with Gasteiger partial charge in [0.05, 0.1) is 18.2 Å². The molecule has 146 valence electrons. The number of benzene rings is 1. The van der Waals surface area contributed by atoms with Crippen molar-refractivity contribution < 1.29 is 23.9 Å². The number of hydrogen-bond acceptors (Lipinski definition) is 6. The van der Waals surface area contributed by atoms with Crippen molar-refractivity contribution >= 4 is 17.5 Å². The molecule has 0 saturated carbocycles. The van der Waals surface area contributed by atoms with E-state index in [1.165, 1.54) is 31.2 Å². The van der Waals surface area contributed by atoms with E-state index >= 15 is 0 Å². The number of nitrogens with one attached hydrogen (secondary N) is 1. The van der Waals surface area contributed by atoms with Gasteiger partial charge in [0.2, 0.25) is 5.78 Å². The standard InChI is InChI=1S/C13H14FNO4.C6H15N/c1-3-19-13(17)12(16)8(2)11(15-18)9-4-6-10(14)7-5-9;1-5(2)7-6(3)4/h4-8,18H,3H2,1-2H3;5-7H,1-4H3/b15-11+;. The second-order valence-electron chi connectivity index (χ2n) is 6.27. The van der Waals surface area contributed by atoms with Gasteiger partial charge in [-0.1, -0.05) is 45.0 Å². The average molecular weight is 368 g/mol. The summed E-state index contributed by atoms with van der Waals surface area (Å²) < 4.78 is 17.4. The minimum Gasteiger partial charge on any atom is -0.460 e. The number of rotatable bonds is 7. The van der Waals surface area contributed by atoms with Gasteiger partial charge in [-0.25, -0.2) is 9.18 Å². The second-order valence-corrected chi connectivity index (χ2v) is 6.27. The first-order chi connectivity index (χ1) is 12.1. The van der Waals surface area contributed by atoms with E-state index in [-0.39, 0.29) is 12.3 Å². The summed E-state index contributed by atoms with van der Waals surface area (Å²) in [5, 5.41) is 15.3. The first-order valence-electron chi connectivity index (χ1n) is 8.58. The molecule has 0 saturated heterocycles. The fourth-order valence-electron chi connectivity index (χ4n) is 2.18. The molecule has 26 heavy (non-hydrogen) atoms. The normalized spacial score (nSPS) is 12.4. The van der Waals surface area contributed by atoms with Crippen LogP contribution in [0.3, 0.4) is 0 Å². The summed E-state index contributed by atoms with van der Waals surface area (Å²) in [7, 11) is 0. The Kier molecular flexibility index (Phi) is 11.1. The number of esters is 1. The van der Waals surface area contributed by atoms with Gasteiger partial charge in [-0.2, -0.15) is 0 Å². The fourth-order valence-corrected chi connectivity index (χ4v) is 2.18. The molecule has 1 aromatic carbocycles. The lowest BCUT2D eigenvalue weighted by Crippen LogP contribution is -2.30. The van der Waals surface area contributed by atoms with E-state index in [4.69, 9.17) is 5.21 Å². The summed E-state index contributed by atoms with van der Waals surface area (Å²) in [6.07, 6.45) is 0. The summed E-state index contributed by atoms with van der Waals surface area (Å²) in [6, 6.07) is 6.31. The third kappa shape index (κ3) is 8.71. The minimum absolute atomic E-state index is 0.0157. The predicted octanol–water partition coefficient (Wildman–Crippen LogP) is 3.17. The lowest BCUT2D eigenvalue weighted by Gasteiger charge is -2.11. The summed E-state index contributed by atoms with van der Waals surface area (Å²) in [4.78, 5) is 23.1. The van der Waals surface area contributed by atoms with E-state index in [2.05, 4.69) is 42.9 Å². The van der Waals surface area contributed by atoms with Crippen molar-refractivity contribution in [3.63, 3.8) is 0 Å². The highest BCUT2D eigenvalue weighted by Crippen LogP contribution is 2.13. The van der Waals surface area contributed by atoms with Crippen molar-refractivity contribution in [3.05, 3.63) is 35.6 Å². The van der Waals surface area contributed by atoms with Crippen LogP contribution in [0.1, 0.15) is 47.1 Å². The molecule has 0 aliphatic carbocycles. The van der Waals surface area contributed by atoms with Crippen LogP contribution in [-0.2, 0) is 14.3 Å². The molecule has 7 heteroatoms. The molecule has 0 bridgehead atoms. The van der Waals surface area contributed by atoms with Gasteiger partial charge >= 0.3 is 5.97 Å². The largest absolute Gasteiger partial charge is 0.460 e. The second kappa shape index (κ2) is 12.1. The maximum absolute atomic E-state index is 12.8. The molecule has 0 aliphatic rings. The van der Waals surface area contributed by atoms with Crippen molar-refractivity contribution in [2.45, 2.75) is 53.6 Å². The third-order valence-electron chi connectivity index (χ3n) is 3.19. The van der Waals surface area contributed by atoms with Crippen molar-refractivity contribution in [2.24, 2.45) is 11.1 Å². The molecule has 6 nitrogen and oxygen atoms in total. The van der Waals surface area contributed by atoms with Crippen LogP contribution < -0.4 is 5.32 Å². The van der Waals surface area contributed by atoms with E-state index in [1.54, 1.807) is 6.92 Å². The molecule has 1 unspecified atom stereocenters. The first-order valence-corrected chi connectivity index (χ1v) is 8.58. The Morgan fingerprint density at radius 2 is 1.62 bits per heavy atom. The number of ketones is 1. The zero-order valence-corrected chi connectivity index (χ0v) is 16.2. The van der Waals surface area contributed by atoms with Crippen LogP contribution in [0.4, 0.5) is 4.39 Å². The molecule has 2 N–H and O–H groups in total. The van der Waals surface area contributed by atoms with E-state index in [9.17, 15) is 14.0 Å². The van der Waals surface area contributed by atoms with Gasteiger partial charge in [-0.3, -0.25) is 4.79 Å². The van der Waals surface area contributed by atoms with Crippen molar-refractivity contribution in [2.75, 3.05) is 6.61 Å². The van der Waals surface area contributed by atoms with E-state index in [0.717, 1.165) is 0 Å². The highest BCUT2D eigenvalue weighted by atomic mass is 19.1. The van der Waals surface area contributed by atoms with Crippen LogP contribution in [0.15, 0.2) is 29.4 Å². The maximum atomic E-state index is 12.8. The number of hydrogen-bond donors (Lipinski definition) is 2. The van der Waals surface area contributed by atoms with Gasteiger partial charge in [-0.05, 0) is 26.0 Å². The lowest BCUT2D eigenvalue weighted by atomic mass is 9.94. The number of carbonyl (C=O) groups excluding carboxylic acids is 2. The fraction of sp³-hybridized carbons (Fsp3) is 0.526. The molecular weight excluding hydrogens is 339 g/mol. The van der Waals surface area contributed by atoms with Crippen LogP contribution in [0, 0.1) is 11.7 Å². The van der Waals surface area contributed by atoms with Gasteiger partial charge in [0.15, 0.2) is 0 Å². The van der Waals surface area contributed by atoms with Gasteiger partial charge in [0.25, 0.3) is 0 Å². The molecule has 0 heterocycles. The highest BCUT2D eigenvalue weighted by Gasteiger charge is 2.28. The highest BCUT2D eigenvalue weighted by molar-refractivity contribution is 6.39. The third-order valence-corrected chi connectivity index (χ3v) is 3.19. The Morgan fingerprint density at radius 1 is 1.12 bits per heavy atom. The van der Waals surface area contributed by atoms with Crippen molar-refractivity contribution in [1.82, 2.24) is 5.32 Å². The molecule has 0 aliphatic heterocycles. The predicted molar refractivity (Wildman–Crippen MR) is 98.9 cm³/mol. The molecule has 1 rings (SSSR count). The van der Waals surface area contributed by atoms with E-state index in [0.29, 0.717) is 17.6 Å². The van der Waals surface area contributed by atoms with Crippen LogP contribution in [0.25, 0.3) is 0 Å². The number of oxime groups is 1. The monoisotopic (exact) mass is 368 g/mol. The first kappa shape index (κ1) is 23.7. The lowest BCUT2D eigenvalue weighted by molar-refractivity contribution is -0.154. The smallest absolute Gasteiger partial charge is 0.375 e. The summed E-state index contributed by atoms with van der Waals surface area (Å²) in [6.45, 7) is 11.7. The Morgan fingerprint density at radius 3 is 1.96 bits per heavy atom. The van der Waals surface area contributed by atoms with Gasteiger partial charge in [0.1, 0.15) is 5.82 Å². The summed E-state index contributed by atoms with van der Waals surface area (Å²) in [5.41, 5.74) is 0.340. The zero-order chi connectivity index (χ0) is 20.3. The molecule has 0 fully saturated rings. The molecule has 1 aromatic rings. The van der Waals surface area contributed by atoms with Crippen molar-refractivity contribution in [1.29, 1.82) is 0 Å². The Hall–Kier alpha value is -2.28. The number of Topliss-reactive ketones (excluding diaryl/α,β-unsaturated/α-hetero) is 1. The van der Waals surface area contributed by atoms with E-state index < -0.39 is 23.5 Å². The Labute approximate surface area is 154 Å². The molecule has 1 atom stereocenters. The van der Waals surface area contributed by atoms with Crippen molar-refractivity contribution in [3.8, 4) is 0 Å². The molecular formula is C19H29FN2O4. The van der Waals surface area contributed by atoms with Crippen LogP contribution in [0.5, 0.6) is 0 Å². The molecule has 0 radical (unpaired) electrons. The van der Waals surface area contributed by atoms with Crippen LogP contribution in [-0.4, -0.2) is 41.4 Å². The molecule has 0 aromatic heterocycles. The molecule has 0 amide bonds. The number of carbonyl (C=O) groups is 2. The number of ether oxygens (including phenoxy) is 1. The quantitative estimate of drug-likeness (QED) is 0.254. The van der Waals surface area contributed by atoms with Gasteiger partial charge in [-0.15, -0.1) is 0 Å². The number of nitrogens with zero attached hydrogens (tertiary/aromatic N) is 1. The minimum atomic E-state index is -0.988. The molecule has 0 spiro atoms. The SMILES string of the molecule is CC(C)NC(C)C.CCOC(=O)C(=O)C(C)/C(=N\O)c1ccc(F)cc1. The summed E-state index contributed by atoms with van der Waals surface area (Å²) in [5.74, 6) is -3.24. The Balaban J connectivity index is 0.000000758. The summed E-state index contributed by atoms with van der Waals surface area (Å²) >= 11 is 0. The van der Waals surface area contributed by atoms with Crippen LogP contribution in [0.2, 0.25) is 0 Å². The van der Waals surface area contributed by atoms with Gasteiger partial charge in [0, 0.05) is 17.6 Å². The average Bonchev–Trinajstić information content (AvgIpc) is 2.56. The van der Waals surface area contributed by atoms with Crippen LogP contribution >= 0.6 is 0 Å². The maximum Gasteiger partial charge on any atom is 0.375 e. The zero-order valence-electron chi connectivity index (χ0n) is 16.2. The van der Waals surface area contributed by atoms with E-state index in [1.807, 2.05) is 0 Å². The van der Waals surface area contributed by atoms with Gasteiger partial charge < -0.3 is 15.3 Å².